The highest BCUT2D eigenvalue weighted by molar-refractivity contribution is 6.07. The molecule has 2 aliphatic rings. The van der Waals surface area contributed by atoms with Gasteiger partial charge in [-0.05, 0) is 35.4 Å². The van der Waals surface area contributed by atoms with Crippen LogP contribution in [0.15, 0.2) is 41.4 Å². The van der Waals surface area contributed by atoms with E-state index >= 15 is 0 Å². The minimum Gasteiger partial charge on any atom is -0.497 e. The molecule has 31 heavy (non-hydrogen) atoms. The lowest BCUT2D eigenvalue weighted by Gasteiger charge is -2.29. The molecule has 1 unspecified atom stereocenters. The topological polar surface area (TPSA) is 95.6 Å². The van der Waals surface area contributed by atoms with Gasteiger partial charge in [0, 0.05) is 44.7 Å². The maximum absolute atomic E-state index is 13.3. The zero-order valence-electron chi connectivity index (χ0n) is 18.0. The number of carbonyl (C=O) groups is 1. The number of nitrogens with zero attached hydrogens (tertiary/aromatic N) is 2. The molecular weight excluding hydrogens is 398 g/mol. The van der Waals surface area contributed by atoms with Gasteiger partial charge in [-0.25, -0.2) is 4.99 Å². The molecule has 0 saturated carbocycles. The van der Waals surface area contributed by atoms with Crippen LogP contribution in [0, 0.1) is 0 Å². The average Bonchev–Trinajstić information content (AvgIpc) is 3.02. The van der Waals surface area contributed by atoms with E-state index < -0.39 is 5.54 Å². The fourth-order valence-corrected chi connectivity index (χ4v) is 3.97. The highest BCUT2D eigenvalue weighted by atomic mass is 16.5. The molecule has 1 amide bonds. The first-order valence-electron chi connectivity index (χ1n) is 10.2. The smallest absolute Gasteiger partial charge is 0.261 e. The first-order valence-corrected chi connectivity index (χ1v) is 10.2. The van der Waals surface area contributed by atoms with Crippen molar-refractivity contribution in [3.63, 3.8) is 0 Å². The highest BCUT2D eigenvalue weighted by Crippen LogP contribution is 2.43. The van der Waals surface area contributed by atoms with E-state index in [2.05, 4.69) is 4.99 Å². The first-order chi connectivity index (χ1) is 15.0. The van der Waals surface area contributed by atoms with Crippen molar-refractivity contribution >= 4 is 11.9 Å². The molecule has 8 nitrogen and oxygen atoms in total. The number of likely N-dealkylation sites (N-methyl/N-ethyl adjacent to an activating group) is 1. The van der Waals surface area contributed by atoms with Crippen LogP contribution in [0.5, 0.6) is 17.2 Å². The molecular formula is C23H27N3O5. The minimum atomic E-state index is -1.19. The van der Waals surface area contributed by atoms with Crippen LogP contribution in [-0.4, -0.2) is 57.9 Å². The maximum Gasteiger partial charge on any atom is 0.261 e. The largest absolute Gasteiger partial charge is 0.497 e. The van der Waals surface area contributed by atoms with Gasteiger partial charge in [0.15, 0.2) is 11.5 Å². The van der Waals surface area contributed by atoms with Crippen molar-refractivity contribution in [2.24, 2.45) is 10.7 Å². The second-order valence-corrected chi connectivity index (χ2v) is 7.57. The van der Waals surface area contributed by atoms with Crippen molar-refractivity contribution in [1.82, 2.24) is 4.90 Å². The van der Waals surface area contributed by atoms with Crippen LogP contribution >= 0.6 is 0 Å². The third-order valence-corrected chi connectivity index (χ3v) is 5.72. The number of carbonyl (C=O) groups excluding carboxylic acids is 1. The molecule has 4 rings (SSSR count). The van der Waals surface area contributed by atoms with Crippen LogP contribution in [0.1, 0.15) is 18.4 Å². The zero-order chi connectivity index (χ0) is 22.0. The normalized spacial score (nSPS) is 21.3. The lowest BCUT2D eigenvalue weighted by atomic mass is 9.84. The van der Waals surface area contributed by atoms with Crippen molar-refractivity contribution in [2.75, 3.05) is 41.1 Å². The highest BCUT2D eigenvalue weighted by Gasteiger charge is 2.49. The molecule has 0 aromatic heterocycles. The van der Waals surface area contributed by atoms with Crippen LogP contribution in [0.4, 0.5) is 0 Å². The van der Waals surface area contributed by atoms with Crippen LogP contribution in [0.3, 0.4) is 0 Å². The van der Waals surface area contributed by atoms with E-state index in [1.54, 1.807) is 21.3 Å². The summed E-state index contributed by atoms with van der Waals surface area (Å²) in [5.74, 6) is 1.96. The van der Waals surface area contributed by atoms with E-state index in [1.165, 1.54) is 4.90 Å². The molecule has 0 radical (unpaired) electrons. The molecule has 0 aliphatic carbocycles. The number of ether oxygens (including phenoxy) is 4. The third kappa shape index (κ3) is 3.79. The molecule has 1 spiro atoms. The number of rotatable bonds is 3. The molecule has 0 fully saturated rings. The van der Waals surface area contributed by atoms with Crippen LogP contribution in [-0.2, 0) is 15.1 Å². The Kier molecular flexibility index (Phi) is 5.73. The van der Waals surface area contributed by atoms with Gasteiger partial charge in [-0.15, -0.1) is 0 Å². The summed E-state index contributed by atoms with van der Waals surface area (Å²) in [7, 11) is 4.85. The van der Waals surface area contributed by atoms with Crippen molar-refractivity contribution in [2.45, 2.75) is 18.4 Å². The van der Waals surface area contributed by atoms with Gasteiger partial charge in [-0.2, -0.15) is 0 Å². The Morgan fingerprint density at radius 2 is 1.77 bits per heavy atom. The van der Waals surface area contributed by atoms with E-state index in [0.717, 1.165) is 17.5 Å². The third-order valence-electron chi connectivity index (χ3n) is 5.72. The number of hydrogen-bond donors (Lipinski definition) is 1. The molecule has 164 valence electrons. The molecule has 2 aromatic carbocycles. The summed E-state index contributed by atoms with van der Waals surface area (Å²) >= 11 is 0. The number of nitrogens with two attached hydrogens (primary N) is 1. The summed E-state index contributed by atoms with van der Waals surface area (Å²) in [5.41, 5.74) is 7.31. The summed E-state index contributed by atoms with van der Waals surface area (Å²) in [6, 6.07) is 11.4. The van der Waals surface area contributed by atoms with Gasteiger partial charge >= 0.3 is 0 Å². The zero-order valence-corrected chi connectivity index (χ0v) is 18.0. The Morgan fingerprint density at radius 3 is 2.42 bits per heavy atom. The Balaban J connectivity index is 1.89. The number of fused-ring (bicyclic) bond motifs is 2. The number of guanidine groups is 1. The Labute approximate surface area is 181 Å². The van der Waals surface area contributed by atoms with Gasteiger partial charge in [0.1, 0.15) is 17.2 Å². The van der Waals surface area contributed by atoms with E-state index in [-0.39, 0.29) is 11.9 Å². The van der Waals surface area contributed by atoms with Crippen molar-refractivity contribution in [1.29, 1.82) is 0 Å². The Bertz CT molecular complexity index is 1000. The summed E-state index contributed by atoms with van der Waals surface area (Å²) < 4.78 is 22.6. The summed E-state index contributed by atoms with van der Waals surface area (Å²) in [6.07, 6.45) is 1.14. The fraction of sp³-hybridized carbons (Fsp3) is 0.391. The lowest BCUT2D eigenvalue weighted by Crippen LogP contribution is -2.41. The summed E-state index contributed by atoms with van der Waals surface area (Å²) in [5, 5.41) is 0. The van der Waals surface area contributed by atoms with E-state index in [4.69, 9.17) is 24.7 Å². The number of aliphatic imine (C=N–C) groups is 1. The number of amides is 1. The van der Waals surface area contributed by atoms with E-state index in [1.807, 2.05) is 36.4 Å². The minimum absolute atomic E-state index is 0.182. The molecule has 8 heteroatoms. The van der Waals surface area contributed by atoms with E-state index in [9.17, 15) is 4.79 Å². The second-order valence-electron chi connectivity index (χ2n) is 7.57. The Morgan fingerprint density at radius 1 is 1.03 bits per heavy atom. The number of benzene rings is 2. The maximum atomic E-state index is 13.3. The second kappa shape index (κ2) is 8.47. The van der Waals surface area contributed by atoms with Gasteiger partial charge in [0.25, 0.3) is 5.91 Å². The molecule has 2 aromatic rings. The summed E-state index contributed by atoms with van der Waals surface area (Å²) in [4.78, 5) is 19.4. The molecule has 2 heterocycles. The predicted molar refractivity (Wildman–Crippen MR) is 117 cm³/mol. The molecule has 0 saturated heterocycles. The fourth-order valence-electron chi connectivity index (χ4n) is 3.97. The van der Waals surface area contributed by atoms with Crippen molar-refractivity contribution in [3.05, 3.63) is 42.0 Å². The van der Waals surface area contributed by atoms with Gasteiger partial charge in [0.05, 0.1) is 20.8 Å². The van der Waals surface area contributed by atoms with Crippen LogP contribution < -0.4 is 19.9 Å². The van der Waals surface area contributed by atoms with Crippen LogP contribution in [0.25, 0.3) is 11.1 Å². The SMILES string of the molecule is COc1cc(OC)cc(-c2ccc3c(c2)C2(CCOCCCO3)N=C(N)N(C)C2=O)c1. The molecule has 2 aliphatic heterocycles. The van der Waals surface area contributed by atoms with Crippen LogP contribution in [0.2, 0.25) is 0 Å². The standard InChI is InChI=1S/C23H27N3O5/c1-26-21(27)23(25-22(26)24)7-10-30-8-4-9-31-20-6-5-15(13-19(20)23)16-11-17(28-2)14-18(12-16)29-3/h5-6,11-14H,4,7-10H2,1-3H3,(H2,24,25). The predicted octanol–water partition coefficient (Wildman–Crippen LogP) is 2.54. The van der Waals surface area contributed by atoms with Gasteiger partial charge < -0.3 is 24.7 Å². The van der Waals surface area contributed by atoms with Crippen molar-refractivity contribution < 1.29 is 23.7 Å². The van der Waals surface area contributed by atoms with Gasteiger partial charge in [-0.3, -0.25) is 9.69 Å². The van der Waals surface area contributed by atoms with Gasteiger partial charge in [0.2, 0.25) is 0 Å². The first kappa shape index (κ1) is 21.0. The number of methoxy groups -OCH3 is 2. The van der Waals surface area contributed by atoms with Gasteiger partial charge in [-0.1, -0.05) is 6.07 Å². The van der Waals surface area contributed by atoms with E-state index in [0.29, 0.717) is 49.1 Å². The average molecular weight is 425 g/mol. The monoisotopic (exact) mass is 425 g/mol. The summed E-state index contributed by atoms with van der Waals surface area (Å²) in [6.45, 7) is 1.45. The molecule has 2 N–H and O–H groups in total. The lowest BCUT2D eigenvalue weighted by molar-refractivity contribution is -0.131. The van der Waals surface area contributed by atoms with Crippen molar-refractivity contribution in [3.8, 4) is 28.4 Å². The number of hydrogen-bond acceptors (Lipinski definition) is 7. The molecule has 0 bridgehead atoms. The molecule has 1 atom stereocenters. The quantitative estimate of drug-likeness (QED) is 0.812. The Hall–Kier alpha value is -3.26.